The quantitative estimate of drug-likeness (QED) is 0.528. The number of aliphatic hydroxyl groups excluding tert-OH is 2. The lowest BCUT2D eigenvalue weighted by Gasteiger charge is -2.14. The Hall–Kier alpha value is -2.56. The summed E-state index contributed by atoms with van der Waals surface area (Å²) in [6, 6.07) is 5.99. The molecule has 146 valence electrons. The Labute approximate surface area is 155 Å². The van der Waals surface area contributed by atoms with Gasteiger partial charge < -0.3 is 21.3 Å². The van der Waals surface area contributed by atoms with E-state index in [1.54, 1.807) is 0 Å². The maximum atomic E-state index is 13.2. The molecule has 0 saturated heterocycles. The van der Waals surface area contributed by atoms with Gasteiger partial charge in [0.15, 0.2) is 15.5 Å². The summed E-state index contributed by atoms with van der Waals surface area (Å²) in [5.74, 6) is -1.78. The number of hydrogen-bond donors (Lipinski definition) is 4. The molecule has 0 saturated carbocycles. The largest absolute Gasteiger partial charge is 0.397 e. The zero-order valence-electron chi connectivity index (χ0n) is 14.5. The third-order valence-electron chi connectivity index (χ3n) is 3.60. The Bertz CT molecular complexity index is 930. The summed E-state index contributed by atoms with van der Waals surface area (Å²) in [6.45, 7) is 0.823. The highest BCUT2D eigenvalue weighted by atomic mass is 32.2. The minimum Gasteiger partial charge on any atom is -0.397 e. The Morgan fingerprint density at radius 2 is 1.96 bits per heavy atom. The molecule has 0 spiro atoms. The van der Waals surface area contributed by atoms with Crippen molar-refractivity contribution in [1.82, 2.24) is 10.3 Å². The van der Waals surface area contributed by atoms with Gasteiger partial charge in [0.05, 0.1) is 34.7 Å². The zero-order valence-corrected chi connectivity index (χ0v) is 15.3. The minimum absolute atomic E-state index is 0.0452. The van der Waals surface area contributed by atoms with Crippen LogP contribution in [0.3, 0.4) is 0 Å². The van der Waals surface area contributed by atoms with Crippen LogP contribution in [0.15, 0.2) is 35.2 Å². The number of hydrogen-bond acceptors (Lipinski definition) is 7. The van der Waals surface area contributed by atoms with Gasteiger partial charge in [-0.2, -0.15) is 0 Å². The van der Waals surface area contributed by atoms with E-state index in [0.29, 0.717) is 0 Å². The van der Waals surface area contributed by atoms with Crippen molar-refractivity contribution >= 4 is 21.4 Å². The number of halogens is 1. The molecule has 1 aromatic carbocycles. The van der Waals surface area contributed by atoms with Gasteiger partial charge in [-0.05, 0) is 37.3 Å². The first kappa shape index (κ1) is 20.7. The lowest BCUT2D eigenvalue weighted by atomic mass is 10.1. The van der Waals surface area contributed by atoms with Crippen LogP contribution >= 0.6 is 0 Å². The maximum absolute atomic E-state index is 13.2. The van der Waals surface area contributed by atoms with E-state index >= 15 is 0 Å². The van der Waals surface area contributed by atoms with Gasteiger partial charge in [0.2, 0.25) is 0 Å². The molecule has 10 heteroatoms. The van der Waals surface area contributed by atoms with Crippen molar-refractivity contribution in [3.8, 4) is 11.3 Å². The molecule has 0 aliphatic heterocycles. The van der Waals surface area contributed by atoms with Gasteiger partial charge in [-0.3, -0.25) is 4.79 Å². The minimum atomic E-state index is -3.95. The second kappa shape index (κ2) is 8.42. The van der Waals surface area contributed by atoms with Crippen molar-refractivity contribution in [3.05, 3.63) is 41.8 Å². The summed E-state index contributed by atoms with van der Waals surface area (Å²) in [5, 5.41) is 20.7. The number of nitrogens with two attached hydrogens (primary N) is 1. The number of rotatable bonds is 7. The van der Waals surface area contributed by atoms with Gasteiger partial charge in [-0.25, -0.2) is 17.8 Å². The van der Waals surface area contributed by atoms with Crippen LogP contribution in [0, 0.1) is 5.82 Å². The van der Waals surface area contributed by atoms with E-state index in [1.807, 2.05) is 0 Å². The molecule has 0 fully saturated rings. The van der Waals surface area contributed by atoms with Crippen LogP contribution in [0.4, 0.5) is 10.1 Å². The molecule has 2 rings (SSSR count). The Balaban J connectivity index is 2.63. The van der Waals surface area contributed by atoms with E-state index in [9.17, 15) is 22.7 Å². The number of benzene rings is 1. The molecule has 5 N–H and O–H groups in total. The molecule has 1 heterocycles. The van der Waals surface area contributed by atoms with E-state index in [0.717, 1.165) is 18.2 Å². The zero-order chi connectivity index (χ0) is 20.2. The number of amides is 1. The number of nitrogens with one attached hydrogen (secondary N) is 1. The van der Waals surface area contributed by atoms with Crippen LogP contribution in [0.25, 0.3) is 11.3 Å². The number of aliphatic hydroxyl groups is 2. The van der Waals surface area contributed by atoms with Gasteiger partial charge in [0, 0.05) is 12.1 Å². The highest BCUT2D eigenvalue weighted by Gasteiger charge is 2.25. The van der Waals surface area contributed by atoms with Gasteiger partial charge >= 0.3 is 0 Å². The first-order valence-corrected chi connectivity index (χ1v) is 9.67. The number of pyridine rings is 1. The molecule has 0 aliphatic rings. The standard InChI is InChI=1S/C17H20FN3O5S/c1-10(23)9-20-17(24)16-13(19)8-14(27(25,26)7-6-22)15(21-16)11-2-4-12(18)5-3-11/h2-5,8,10,22-23H,6-7,9,19H2,1H3,(H,20,24)/t10-/m0/s1. The topological polar surface area (TPSA) is 143 Å². The highest BCUT2D eigenvalue weighted by molar-refractivity contribution is 7.91. The lowest BCUT2D eigenvalue weighted by Crippen LogP contribution is -2.32. The molecule has 8 nitrogen and oxygen atoms in total. The van der Waals surface area contributed by atoms with Gasteiger partial charge in [0.1, 0.15) is 5.82 Å². The van der Waals surface area contributed by atoms with Crippen LogP contribution in [0.1, 0.15) is 17.4 Å². The number of sulfone groups is 1. The summed E-state index contributed by atoms with van der Waals surface area (Å²) in [5.41, 5.74) is 5.59. The fourth-order valence-electron chi connectivity index (χ4n) is 2.30. The number of carbonyl (C=O) groups is 1. The molecule has 0 aliphatic carbocycles. The smallest absolute Gasteiger partial charge is 0.272 e. The summed E-state index contributed by atoms with van der Waals surface area (Å²) in [6.07, 6.45) is -0.795. The molecule has 1 aromatic heterocycles. The second-order valence-corrected chi connectivity index (χ2v) is 7.96. The molecule has 0 unspecified atom stereocenters. The normalized spacial score (nSPS) is 12.6. The lowest BCUT2D eigenvalue weighted by molar-refractivity contribution is 0.0920. The van der Waals surface area contributed by atoms with Crippen molar-refractivity contribution in [2.45, 2.75) is 17.9 Å². The number of nitrogens with zero attached hydrogens (tertiary/aromatic N) is 1. The van der Waals surface area contributed by atoms with Crippen molar-refractivity contribution in [3.63, 3.8) is 0 Å². The van der Waals surface area contributed by atoms with E-state index in [1.165, 1.54) is 19.1 Å². The molecule has 0 bridgehead atoms. The van der Waals surface area contributed by atoms with Crippen LogP contribution in [0.2, 0.25) is 0 Å². The van der Waals surface area contributed by atoms with Gasteiger partial charge in [-0.1, -0.05) is 0 Å². The third-order valence-corrected chi connectivity index (χ3v) is 5.30. The first-order chi connectivity index (χ1) is 12.7. The molecule has 27 heavy (non-hydrogen) atoms. The van der Waals surface area contributed by atoms with E-state index in [-0.39, 0.29) is 34.1 Å². The highest BCUT2D eigenvalue weighted by Crippen LogP contribution is 2.30. The van der Waals surface area contributed by atoms with Gasteiger partial charge in [-0.15, -0.1) is 0 Å². The molecule has 1 amide bonds. The monoisotopic (exact) mass is 397 g/mol. The van der Waals surface area contributed by atoms with E-state index in [2.05, 4.69) is 10.3 Å². The SMILES string of the molecule is C[C@H](O)CNC(=O)c1nc(-c2ccc(F)cc2)c(S(=O)(=O)CCO)cc1N. The fraction of sp³-hybridized carbons (Fsp3) is 0.294. The van der Waals surface area contributed by atoms with Crippen LogP contribution in [-0.2, 0) is 9.84 Å². The predicted molar refractivity (Wildman–Crippen MR) is 97.2 cm³/mol. The fourth-order valence-corrected chi connectivity index (χ4v) is 3.52. The Kier molecular flexibility index (Phi) is 6.47. The Morgan fingerprint density at radius 1 is 1.33 bits per heavy atom. The van der Waals surface area contributed by atoms with Crippen LogP contribution in [-0.4, -0.2) is 54.5 Å². The summed E-state index contributed by atoms with van der Waals surface area (Å²) in [4.78, 5) is 16.1. The average Bonchev–Trinajstić information content (AvgIpc) is 2.60. The summed E-state index contributed by atoms with van der Waals surface area (Å²) >= 11 is 0. The number of carbonyl (C=O) groups excluding carboxylic acids is 1. The molecular formula is C17H20FN3O5S. The Morgan fingerprint density at radius 3 is 2.52 bits per heavy atom. The predicted octanol–water partition coefficient (Wildman–Crippen LogP) is 0.347. The summed E-state index contributed by atoms with van der Waals surface area (Å²) in [7, 11) is -3.95. The summed E-state index contributed by atoms with van der Waals surface area (Å²) < 4.78 is 38.2. The van der Waals surface area contributed by atoms with Crippen LogP contribution < -0.4 is 11.1 Å². The van der Waals surface area contributed by atoms with E-state index in [4.69, 9.17) is 10.8 Å². The van der Waals surface area contributed by atoms with E-state index < -0.39 is 40.0 Å². The third kappa shape index (κ3) is 5.00. The number of aromatic nitrogens is 1. The number of nitrogen functional groups attached to an aromatic ring is 1. The number of anilines is 1. The molecule has 2 aromatic rings. The second-order valence-electron chi connectivity index (χ2n) is 5.88. The van der Waals surface area contributed by atoms with Crippen molar-refractivity contribution in [2.75, 3.05) is 24.6 Å². The van der Waals surface area contributed by atoms with Gasteiger partial charge in [0.25, 0.3) is 5.91 Å². The van der Waals surface area contributed by atoms with Crippen molar-refractivity contribution < 1.29 is 27.8 Å². The molecular weight excluding hydrogens is 377 g/mol. The average molecular weight is 397 g/mol. The van der Waals surface area contributed by atoms with Crippen molar-refractivity contribution in [2.24, 2.45) is 0 Å². The first-order valence-electron chi connectivity index (χ1n) is 8.02. The maximum Gasteiger partial charge on any atom is 0.272 e. The van der Waals surface area contributed by atoms with Crippen molar-refractivity contribution in [1.29, 1.82) is 0 Å². The molecule has 0 radical (unpaired) electrons. The van der Waals surface area contributed by atoms with Crippen LogP contribution in [0.5, 0.6) is 0 Å². The molecule has 1 atom stereocenters.